The number of ether oxygens (including phenoxy) is 2. The van der Waals surface area contributed by atoms with Crippen LogP contribution in [0.4, 0.5) is 5.13 Å². The first-order valence-corrected chi connectivity index (χ1v) is 9.90. The van der Waals surface area contributed by atoms with Gasteiger partial charge < -0.3 is 9.47 Å². The van der Waals surface area contributed by atoms with Gasteiger partial charge in [-0.1, -0.05) is 11.3 Å². The molecule has 0 saturated carbocycles. The molecule has 1 amide bonds. The van der Waals surface area contributed by atoms with E-state index in [0.717, 1.165) is 22.3 Å². The monoisotopic (exact) mass is 424 g/mol. The Morgan fingerprint density at radius 3 is 2.43 bits per heavy atom. The van der Waals surface area contributed by atoms with Crippen LogP contribution >= 0.6 is 11.3 Å². The summed E-state index contributed by atoms with van der Waals surface area (Å²) < 4.78 is 12.3. The summed E-state index contributed by atoms with van der Waals surface area (Å²) in [7, 11) is 4.98. The summed E-state index contributed by atoms with van der Waals surface area (Å²) in [6.45, 7) is 3.70. The Hall–Kier alpha value is -3.53. The number of pyridine rings is 1. The van der Waals surface area contributed by atoms with Crippen LogP contribution in [-0.2, 0) is 7.05 Å². The van der Waals surface area contributed by atoms with E-state index < -0.39 is 0 Å². The summed E-state index contributed by atoms with van der Waals surface area (Å²) >= 11 is 1.26. The molecule has 0 spiro atoms. The number of carbonyl (C=O) groups is 1. The number of carbonyl (C=O) groups excluding carboxylic acids is 1. The van der Waals surface area contributed by atoms with Gasteiger partial charge in [0.15, 0.2) is 5.65 Å². The number of hydrogen-bond acceptors (Lipinski definition) is 8. The van der Waals surface area contributed by atoms with Crippen LogP contribution in [0.1, 0.15) is 21.7 Å². The topological polar surface area (TPSA) is 104 Å². The molecule has 4 rings (SSSR count). The zero-order chi connectivity index (χ0) is 21.4. The van der Waals surface area contributed by atoms with E-state index in [1.165, 1.54) is 11.3 Å². The van der Waals surface area contributed by atoms with Crippen molar-refractivity contribution in [1.82, 2.24) is 25.0 Å². The summed E-state index contributed by atoms with van der Waals surface area (Å²) in [5, 5.41) is 17.3. The van der Waals surface area contributed by atoms with Gasteiger partial charge in [0.05, 0.1) is 30.9 Å². The van der Waals surface area contributed by atoms with Crippen molar-refractivity contribution in [3.8, 4) is 22.1 Å². The smallest absolute Gasteiger partial charge is 0.258 e. The molecule has 0 aliphatic rings. The van der Waals surface area contributed by atoms with Crippen molar-refractivity contribution in [3.63, 3.8) is 0 Å². The van der Waals surface area contributed by atoms with E-state index >= 15 is 0 Å². The Morgan fingerprint density at radius 1 is 1.07 bits per heavy atom. The molecule has 1 aromatic carbocycles. The molecule has 10 heteroatoms. The molecule has 0 atom stereocenters. The molecule has 9 nitrogen and oxygen atoms in total. The summed E-state index contributed by atoms with van der Waals surface area (Å²) in [5.74, 6) is 1.01. The van der Waals surface area contributed by atoms with E-state index in [1.54, 1.807) is 31.0 Å². The van der Waals surface area contributed by atoms with Gasteiger partial charge in [0.1, 0.15) is 16.5 Å². The fraction of sp³-hybridized carbons (Fsp3) is 0.250. The number of nitrogens with zero attached hydrogens (tertiary/aromatic N) is 5. The van der Waals surface area contributed by atoms with Crippen molar-refractivity contribution in [1.29, 1.82) is 0 Å². The molecule has 3 aromatic heterocycles. The highest BCUT2D eigenvalue weighted by molar-refractivity contribution is 7.18. The lowest BCUT2D eigenvalue weighted by Gasteiger charge is -2.06. The Kier molecular flexibility index (Phi) is 5.08. The number of anilines is 1. The van der Waals surface area contributed by atoms with Crippen molar-refractivity contribution >= 4 is 33.4 Å². The summed E-state index contributed by atoms with van der Waals surface area (Å²) in [6.07, 6.45) is 0. The third-order valence-corrected chi connectivity index (χ3v) is 5.47. The first-order valence-electron chi connectivity index (χ1n) is 9.09. The van der Waals surface area contributed by atoms with Crippen LogP contribution in [0.25, 0.3) is 21.6 Å². The molecule has 4 aromatic rings. The largest absolute Gasteiger partial charge is 0.497 e. The van der Waals surface area contributed by atoms with E-state index in [9.17, 15) is 4.79 Å². The molecule has 0 bridgehead atoms. The molecular weight excluding hydrogens is 404 g/mol. The zero-order valence-corrected chi connectivity index (χ0v) is 18.0. The van der Waals surface area contributed by atoms with Crippen LogP contribution < -0.4 is 14.8 Å². The normalized spacial score (nSPS) is 11.0. The van der Waals surface area contributed by atoms with Gasteiger partial charge in [-0.15, -0.1) is 10.2 Å². The molecule has 1 N–H and O–H groups in total. The molecule has 0 unspecified atom stereocenters. The van der Waals surface area contributed by atoms with E-state index in [-0.39, 0.29) is 5.91 Å². The number of hydrogen-bond donors (Lipinski definition) is 1. The molecule has 30 heavy (non-hydrogen) atoms. The summed E-state index contributed by atoms with van der Waals surface area (Å²) in [4.78, 5) is 17.5. The second-order valence-electron chi connectivity index (χ2n) is 6.69. The lowest BCUT2D eigenvalue weighted by molar-refractivity contribution is 0.102. The molecular formula is C20H20N6O3S. The number of rotatable bonds is 5. The minimum atomic E-state index is -0.285. The maximum Gasteiger partial charge on any atom is 0.258 e. The lowest BCUT2D eigenvalue weighted by atomic mass is 10.1. The number of amides is 1. The van der Waals surface area contributed by atoms with Gasteiger partial charge in [0, 0.05) is 24.4 Å². The molecule has 0 fully saturated rings. The third kappa shape index (κ3) is 3.57. The quantitative estimate of drug-likeness (QED) is 0.524. The Morgan fingerprint density at radius 2 is 1.77 bits per heavy atom. The highest BCUT2D eigenvalue weighted by Crippen LogP contribution is 2.33. The van der Waals surface area contributed by atoms with Crippen LogP contribution in [0.15, 0.2) is 24.3 Å². The Bertz CT molecular complexity index is 1240. The predicted octanol–water partition coefficient (Wildman–Crippen LogP) is 3.37. The summed E-state index contributed by atoms with van der Waals surface area (Å²) in [6, 6.07) is 7.20. The van der Waals surface area contributed by atoms with Crippen LogP contribution in [0.2, 0.25) is 0 Å². The molecule has 3 heterocycles. The minimum Gasteiger partial charge on any atom is -0.497 e. The Labute approximate surface area is 176 Å². The number of methoxy groups -OCH3 is 2. The average Bonchev–Trinajstić information content (AvgIpc) is 3.31. The van der Waals surface area contributed by atoms with Crippen molar-refractivity contribution in [2.24, 2.45) is 7.05 Å². The maximum absolute atomic E-state index is 13.0. The number of benzene rings is 1. The third-order valence-electron chi connectivity index (χ3n) is 4.59. The molecule has 154 valence electrons. The van der Waals surface area contributed by atoms with Crippen LogP contribution in [0.3, 0.4) is 0 Å². The minimum absolute atomic E-state index is 0.285. The predicted molar refractivity (Wildman–Crippen MR) is 114 cm³/mol. The van der Waals surface area contributed by atoms with Gasteiger partial charge in [-0.05, 0) is 32.0 Å². The molecule has 0 saturated heterocycles. The van der Waals surface area contributed by atoms with Crippen LogP contribution in [0.5, 0.6) is 11.5 Å². The molecule has 0 radical (unpaired) electrons. The van der Waals surface area contributed by atoms with Gasteiger partial charge in [0.25, 0.3) is 5.91 Å². The molecule has 0 aliphatic carbocycles. The lowest BCUT2D eigenvalue weighted by Crippen LogP contribution is -2.13. The highest BCUT2D eigenvalue weighted by Gasteiger charge is 2.19. The Balaban J connectivity index is 1.65. The number of nitrogens with one attached hydrogen (secondary N) is 1. The first kappa shape index (κ1) is 19.8. The van der Waals surface area contributed by atoms with Crippen molar-refractivity contribution in [2.75, 3.05) is 19.5 Å². The second kappa shape index (κ2) is 7.71. The van der Waals surface area contributed by atoms with E-state index in [0.29, 0.717) is 32.8 Å². The van der Waals surface area contributed by atoms with Gasteiger partial charge in [0.2, 0.25) is 5.13 Å². The van der Waals surface area contributed by atoms with E-state index in [2.05, 4.69) is 25.6 Å². The van der Waals surface area contributed by atoms with E-state index in [4.69, 9.17) is 9.47 Å². The first-order chi connectivity index (χ1) is 14.4. The van der Waals surface area contributed by atoms with Crippen LogP contribution in [0, 0.1) is 13.8 Å². The van der Waals surface area contributed by atoms with Crippen molar-refractivity contribution in [3.05, 3.63) is 41.2 Å². The highest BCUT2D eigenvalue weighted by atomic mass is 32.1. The number of fused-ring (bicyclic) bond motifs is 1. The average molecular weight is 424 g/mol. The second-order valence-corrected chi connectivity index (χ2v) is 7.66. The number of aryl methyl sites for hydroxylation is 3. The van der Waals surface area contributed by atoms with E-state index in [1.807, 2.05) is 33.0 Å². The van der Waals surface area contributed by atoms with Crippen molar-refractivity contribution < 1.29 is 14.3 Å². The maximum atomic E-state index is 13.0. The van der Waals surface area contributed by atoms with Gasteiger partial charge in [-0.25, -0.2) is 4.98 Å². The zero-order valence-electron chi connectivity index (χ0n) is 17.2. The molecule has 0 aliphatic heterocycles. The van der Waals surface area contributed by atoms with Crippen molar-refractivity contribution in [2.45, 2.75) is 13.8 Å². The van der Waals surface area contributed by atoms with Gasteiger partial charge in [-0.3, -0.25) is 14.8 Å². The SMILES string of the molecule is COc1cc(OC)cc(-c2nnc(NC(=O)c3cc(C)nc4c3c(C)nn4C)s2)c1. The summed E-state index contributed by atoms with van der Waals surface area (Å²) in [5.41, 5.74) is 3.43. The standard InChI is InChI=1S/C20H20N6O3S/c1-10-6-15(16-11(2)25-26(3)17(16)21-10)18(27)22-20-24-23-19(30-20)12-7-13(28-4)9-14(8-12)29-5/h6-9H,1-5H3,(H,22,24,27). The fourth-order valence-electron chi connectivity index (χ4n) is 3.23. The van der Waals surface area contributed by atoms with Gasteiger partial charge >= 0.3 is 0 Å². The van der Waals surface area contributed by atoms with Gasteiger partial charge in [-0.2, -0.15) is 5.10 Å². The number of aromatic nitrogens is 5. The van der Waals surface area contributed by atoms with Crippen LogP contribution in [-0.4, -0.2) is 45.1 Å². The fourth-order valence-corrected chi connectivity index (χ4v) is 3.96.